The zero-order valence-corrected chi connectivity index (χ0v) is 16.4. The summed E-state index contributed by atoms with van der Waals surface area (Å²) in [5.41, 5.74) is 1.71. The molecule has 2 aromatic rings. The van der Waals surface area contributed by atoms with E-state index in [1.54, 1.807) is 36.4 Å². The number of hydrogen-bond donors (Lipinski definition) is 1. The number of carbonyl (C=O) groups excluding carboxylic acids is 1. The molecule has 0 bridgehead atoms. The molecule has 1 N–H and O–H groups in total. The summed E-state index contributed by atoms with van der Waals surface area (Å²) >= 11 is 6.08. The van der Waals surface area contributed by atoms with Crippen LogP contribution in [0.3, 0.4) is 0 Å². The van der Waals surface area contributed by atoms with E-state index in [4.69, 9.17) is 16.3 Å². The van der Waals surface area contributed by atoms with Gasteiger partial charge in [0.25, 0.3) is 0 Å². The van der Waals surface area contributed by atoms with Gasteiger partial charge in [-0.1, -0.05) is 17.7 Å². The Labute approximate surface area is 158 Å². The Morgan fingerprint density at radius 3 is 2.38 bits per heavy atom. The Bertz CT molecular complexity index is 883. The first-order valence-corrected chi connectivity index (χ1v) is 10.2. The fraction of sp³-hybridized carbons (Fsp3) is 0.278. The number of benzene rings is 2. The summed E-state index contributed by atoms with van der Waals surface area (Å²) in [6.07, 6.45) is 1.05. The molecule has 0 saturated heterocycles. The van der Waals surface area contributed by atoms with Crippen LogP contribution in [0.1, 0.15) is 12.5 Å². The molecule has 2 aromatic carbocycles. The van der Waals surface area contributed by atoms with Crippen molar-refractivity contribution in [3.63, 3.8) is 0 Å². The van der Waals surface area contributed by atoms with E-state index in [-0.39, 0.29) is 6.54 Å². The second kappa shape index (κ2) is 8.42. The number of ether oxygens (including phenoxy) is 1. The minimum Gasteiger partial charge on any atom is -0.494 e. The molecule has 0 unspecified atom stereocenters. The molecule has 0 aliphatic rings. The second-order valence-corrected chi connectivity index (χ2v) is 8.02. The average molecular weight is 397 g/mol. The van der Waals surface area contributed by atoms with Gasteiger partial charge < -0.3 is 10.1 Å². The zero-order chi connectivity index (χ0) is 19.3. The van der Waals surface area contributed by atoms with Gasteiger partial charge in [0.15, 0.2) is 0 Å². The van der Waals surface area contributed by atoms with E-state index in [1.807, 2.05) is 13.8 Å². The van der Waals surface area contributed by atoms with Crippen LogP contribution in [-0.2, 0) is 14.8 Å². The van der Waals surface area contributed by atoms with Crippen LogP contribution in [0.2, 0.25) is 5.02 Å². The van der Waals surface area contributed by atoms with Gasteiger partial charge in [0.2, 0.25) is 15.9 Å². The van der Waals surface area contributed by atoms with Crippen molar-refractivity contribution in [1.29, 1.82) is 0 Å². The van der Waals surface area contributed by atoms with Crippen LogP contribution in [0.4, 0.5) is 11.4 Å². The first-order chi connectivity index (χ1) is 12.2. The molecule has 8 heteroatoms. The molecule has 0 aliphatic carbocycles. The van der Waals surface area contributed by atoms with Crippen LogP contribution >= 0.6 is 11.6 Å². The monoisotopic (exact) mass is 396 g/mol. The summed E-state index contributed by atoms with van der Waals surface area (Å²) in [5, 5.41) is 3.11. The average Bonchev–Trinajstić information content (AvgIpc) is 2.56. The molecule has 0 aromatic heterocycles. The molecule has 6 nitrogen and oxygen atoms in total. The van der Waals surface area contributed by atoms with Crippen molar-refractivity contribution in [1.82, 2.24) is 0 Å². The van der Waals surface area contributed by atoms with E-state index >= 15 is 0 Å². The van der Waals surface area contributed by atoms with Gasteiger partial charge in [-0.25, -0.2) is 8.42 Å². The van der Waals surface area contributed by atoms with Crippen LogP contribution in [0.5, 0.6) is 5.75 Å². The SMILES string of the molecule is CCOc1ccc(NC(=O)CN(c2ccc(C)c(Cl)c2)S(C)(=O)=O)cc1. The second-order valence-electron chi connectivity index (χ2n) is 5.71. The summed E-state index contributed by atoms with van der Waals surface area (Å²) in [7, 11) is -3.66. The van der Waals surface area contributed by atoms with E-state index in [9.17, 15) is 13.2 Å². The summed E-state index contributed by atoms with van der Waals surface area (Å²) in [6.45, 7) is 3.89. The molecular formula is C18H21ClN2O4S. The topological polar surface area (TPSA) is 75.7 Å². The highest BCUT2D eigenvalue weighted by atomic mass is 35.5. The van der Waals surface area contributed by atoms with Gasteiger partial charge in [0.05, 0.1) is 18.6 Å². The van der Waals surface area contributed by atoms with E-state index in [0.717, 1.165) is 16.1 Å². The predicted molar refractivity (Wildman–Crippen MR) is 105 cm³/mol. The highest BCUT2D eigenvalue weighted by Crippen LogP contribution is 2.25. The van der Waals surface area contributed by atoms with Crippen LogP contribution in [0, 0.1) is 6.92 Å². The minimum atomic E-state index is -3.66. The number of hydrogen-bond acceptors (Lipinski definition) is 4. The molecule has 1 amide bonds. The lowest BCUT2D eigenvalue weighted by Gasteiger charge is -2.22. The lowest BCUT2D eigenvalue weighted by molar-refractivity contribution is -0.114. The lowest BCUT2D eigenvalue weighted by atomic mass is 10.2. The van der Waals surface area contributed by atoms with Gasteiger partial charge in [-0.3, -0.25) is 9.10 Å². The Hall–Kier alpha value is -2.25. The molecule has 0 fully saturated rings. The number of halogens is 1. The highest BCUT2D eigenvalue weighted by molar-refractivity contribution is 7.92. The number of amides is 1. The smallest absolute Gasteiger partial charge is 0.245 e. The van der Waals surface area contributed by atoms with E-state index in [0.29, 0.717) is 28.8 Å². The maximum atomic E-state index is 12.3. The minimum absolute atomic E-state index is 0.338. The summed E-state index contributed by atoms with van der Waals surface area (Å²) in [5.74, 6) is 0.230. The number of rotatable bonds is 7. The van der Waals surface area contributed by atoms with Crippen LogP contribution in [0.25, 0.3) is 0 Å². The number of aryl methyl sites for hydroxylation is 1. The Morgan fingerprint density at radius 2 is 1.85 bits per heavy atom. The molecule has 26 heavy (non-hydrogen) atoms. The van der Waals surface area contributed by atoms with E-state index in [2.05, 4.69) is 5.32 Å². The van der Waals surface area contributed by atoms with Gasteiger partial charge in [-0.2, -0.15) is 0 Å². The van der Waals surface area contributed by atoms with Crippen LogP contribution in [0.15, 0.2) is 42.5 Å². The molecule has 0 saturated carbocycles. The van der Waals surface area contributed by atoms with Gasteiger partial charge in [-0.15, -0.1) is 0 Å². The third-order valence-electron chi connectivity index (χ3n) is 3.58. The molecule has 2 rings (SSSR count). The molecule has 0 spiro atoms. The van der Waals surface area contributed by atoms with E-state index < -0.39 is 15.9 Å². The van der Waals surface area contributed by atoms with Crippen molar-refractivity contribution in [2.45, 2.75) is 13.8 Å². The van der Waals surface area contributed by atoms with Crippen molar-refractivity contribution in [2.24, 2.45) is 0 Å². The number of carbonyl (C=O) groups is 1. The van der Waals surface area contributed by atoms with Crippen molar-refractivity contribution >= 4 is 38.9 Å². The first kappa shape index (κ1) is 20.1. The molecule has 0 aliphatic heterocycles. The molecular weight excluding hydrogens is 376 g/mol. The highest BCUT2D eigenvalue weighted by Gasteiger charge is 2.21. The van der Waals surface area contributed by atoms with Crippen molar-refractivity contribution < 1.29 is 17.9 Å². The maximum Gasteiger partial charge on any atom is 0.245 e. The number of anilines is 2. The third kappa shape index (κ3) is 5.37. The third-order valence-corrected chi connectivity index (χ3v) is 5.13. The Kier molecular flexibility index (Phi) is 6.50. The van der Waals surface area contributed by atoms with Gasteiger partial charge in [0, 0.05) is 10.7 Å². The van der Waals surface area contributed by atoms with Crippen LogP contribution < -0.4 is 14.4 Å². The van der Waals surface area contributed by atoms with Crippen molar-refractivity contribution in [2.75, 3.05) is 29.0 Å². The molecule has 0 atom stereocenters. The van der Waals surface area contributed by atoms with Crippen molar-refractivity contribution in [3.8, 4) is 5.75 Å². The standard InChI is InChI=1S/C18H21ClN2O4S/c1-4-25-16-9-6-14(7-10-16)20-18(22)12-21(26(3,23)24)15-8-5-13(2)17(19)11-15/h5-11H,4,12H2,1-3H3,(H,20,22). The Balaban J connectivity index is 2.15. The van der Waals surface area contributed by atoms with Gasteiger partial charge >= 0.3 is 0 Å². The summed E-state index contributed by atoms with van der Waals surface area (Å²) in [6, 6.07) is 11.7. The van der Waals surface area contributed by atoms with Gasteiger partial charge in [-0.05, 0) is 55.8 Å². The fourth-order valence-electron chi connectivity index (χ4n) is 2.27. The number of nitrogens with zero attached hydrogens (tertiary/aromatic N) is 1. The zero-order valence-electron chi connectivity index (χ0n) is 14.8. The normalized spacial score (nSPS) is 11.1. The molecule has 140 valence electrons. The quantitative estimate of drug-likeness (QED) is 0.777. The maximum absolute atomic E-state index is 12.3. The van der Waals surface area contributed by atoms with Crippen LogP contribution in [-0.4, -0.2) is 33.7 Å². The summed E-state index contributed by atoms with van der Waals surface area (Å²) in [4.78, 5) is 12.3. The van der Waals surface area contributed by atoms with E-state index in [1.165, 1.54) is 6.07 Å². The first-order valence-electron chi connectivity index (χ1n) is 7.97. The summed E-state index contributed by atoms with van der Waals surface area (Å²) < 4.78 is 30.6. The predicted octanol–water partition coefficient (Wildman–Crippen LogP) is 3.45. The number of nitrogens with one attached hydrogen (secondary N) is 1. The lowest BCUT2D eigenvalue weighted by Crippen LogP contribution is -2.37. The largest absolute Gasteiger partial charge is 0.494 e. The Morgan fingerprint density at radius 1 is 1.19 bits per heavy atom. The molecule has 0 radical (unpaired) electrons. The van der Waals surface area contributed by atoms with Crippen molar-refractivity contribution in [3.05, 3.63) is 53.1 Å². The fourth-order valence-corrected chi connectivity index (χ4v) is 3.29. The van der Waals surface area contributed by atoms with Gasteiger partial charge in [0.1, 0.15) is 12.3 Å². The number of sulfonamides is 1. The molecule has 0 heterocycles.